The molecule has 0 aliphatic rings. The molecule has 0 spiro atoms. The molecule has 0 unspecified atom stereocenters. The van der Waals surface area contributed by atoms with Crippen molar-refractivity contribution in [2.45, 2.75) is 24.8 Å². The predicted octanol–water partition coefficient (Wildman–Crippen LogP) is 4.77. The van der Waals surface area contributed by atoms with E-state index in [1.165, 1.54) is 3.97 Å². The van der Waals surface area contributed by atoms with Crippen LogP contribution in [0.1, 0.15) is 13.8 Å². The van der Waals surface area contributed by atoms with Crippen molar-refractivity contribution in [2.75, 3.05) is 12.4 Å². The summed E-state index contributed by atoms with van der Waals surface area (Å²) >= 11 is 0. The summed E-state index contributed by atoms with van der Waals surface area (Å²) in [5.41, 5.74) is 2.87. The monoisotopic (exact) mass is 421 g/mol. The summed E-state index contributed by atoms with van der Waals surface area (Å²) in [6.45, 7) is 3.93. The number of nitrogens with one attached hydrogen (secondary N) is 1. The van der Waals surface area contributed by atoms with Crippen LogP contribution in [0, 0.1) is 0 Å². The molecule has 0 saturated heterocycles. The van der Waals surface area contributed by atoms with Crippen molar-refractivity contribution in [1.82, 2.24) is 8.96 Å². The second-order valence-corrected chi connectivity index (χ2v) is 9.01. The maximum atomic E-state index is 13.3. The van der Waals surface area contributed by atoms with Gasteiger partial charge in [-0.2, -0.15) is 0 Å². The smallest absolute Gasteiger partial charge is 0.269 e. The van der Waals surface area contributed by atoms with Crippen LogP contribution in [0.5, 0.6) is 5.75 Å². The van der Waals surface area contributed by atoms with Crippen molar-refractivity contribution in [3.63, 3.8) is 0 Å². The quantitative estimate of drug-likeness (QED) is 0.485. The fourth-order valence-electron chi connectivity index (χ4n) is 3.39. The van der Waals surface area contributed by atoms with Crippen LogP contribution in [0.3, 0.4) is 0 Å². The number of pyridine rings is 1. The van der Waals surface area contributed by atoms with Gasteiger partial charge in [0.25, 0.3) is 10.0 Å². The molecule has 0 fully saturated rings. The van der Waals surface area contributed by atoms with Gasteiger partial charge in [0.05, 0.1) is 11.0 Å². The third-order valence-electron chi connectivity index (χ3n) is 4.71. The highest BCUT2D eigenvalue weighted by molar-refractivity contribution is 7.90. The lowest BCUT2D eigenvalue weighted by atomic mass is 10.0. The Morgan fingerprint density at radius 3 is 2.50 bits per heavy atom. The average Bonchev–Trinajstić information content (AvgIpc) is 3.14. The van der Waals surface area contributed by atoms with Gasteiger partial charge in [0.15, 0.2) is 5.65 Å². The molecule has 4 aromatic rings. The maximum Gasteiger partial charge on any atom is 0.269 e. The summed E-state index contributed by atoms with van der Waals surface area (Å²) in [5.74, 6) is 0.711. The number of fused-ring (bicyclic) bond motifs is 1. The zero-order valence-corrected chi connectivity index (χ0v) is 17.8. The molecular weight excluding hydrogens is 398 g/mol. The van der Waals surface area contributed by atoms with Gasteiger partial charge in [-0.15, -0.1) is 0 Å². The van der Waals surface area contributed by atoms with Crippen LogP contribution in [-0.2, 0) is 10.0 Å². The molecule has 0 saturated carbocycles. The van der Waals surface area contributed by atoms with Crippen LogP contribution < -0.4 is 10.1 Å². The Hall–Kier alpha value is -3.32. The molecule has 30 heavy (non-hydrogen) atoms. The molecule has 0 aliphatic carbocycles. The molecule has 0 radical (unpaired) electrons. The van der Waals surface area contributed by atoms with Gasteiger partial charge in [0.2, 0.25) is 0 Å². The third kappa shape index (κ3) is 3.64. The third-order valence-corrected chi connectivity index (χ3v) is 6.37. The SMILES string of the molecule is CNc1cc(OC(C)C)cc(-c2cn(S(=O)(=O)c3ccccc3)c3ncccc23)c1. The molecule has 0 amide bonds. The van der Waals surface area contributed by atoms with Gasteiger partial charge >= 0.3 is 0 Å². The largest absolute Gasteiger partial charge is 0.491 e. The first-order chi connectivity index (χ1) is 14.4. The molecule has 7 heteroatoms. The summed E-state index contributed by atoms with van der Waals surface area (Å²) in [6, 6.07) is 17.9. The molecule has 154 valence electrons. The van der Waals surface area contributed by atoms with Crippen LogP contribution >= 0.6 is 0 Å². The van der Waals surface area contributed by atoms with Gasteiger partial charge < -0.3 is 10.1 Å². The molecule has 0 aliphatic heterocycles. The van der Waals surface area contributed by atoms with Crippen molar-refractivity contribution in [3.05, 3.63) is 73.1 Å². The van der Waals surface area contributed by atoms with Gasteiger partial charge in [0.1, 0.15) is 5.75 Å². The van der Waals surface area contributed by atoms with Gasteiger partial charge in [-0.05, 0) is 55.8 Å². The van der Waals surface area contributed by atoms with Crippen molar-refractivity contribution in [2.24, 2.45) is 0 Å². The minimum absolute atomic E-state index is 0.0198. The van der Waals surface area contributed by atoms with E-state index in [9.17, 15) is 8.42 Å². The Bertz CT molecular complexity index is 1300. The van der Waals surface area contributed by atoms with E-state index < -0.39 is 10.0 Å². The van der Waals surface area contributed by atoms with Crippen LogP contribution in [0.25, 0.3) is 22.2 Å². The lowest BCUT2D eigenvalue weighted by Crippen LogP contribution is -2.12. The van der Waals surface area contributed by atoms with E-state index in [2.05, 4.69) is 10.3 Å². The summed E-state index contributed by atoms with van der Waals surface area (Å²) < 4.78 is 33.8. The van der Waals surface area contributed by atoms with Gasteiger partial charge in [-0.3, -0.25) is 0 Å². The average molecular weight is 422 g/mol. The number of nitrogens with zero attached hydrogens (tertiary/aromatic N) is 2. The molecule has 2 heterocycles. The Kier molecular flexibility index (Phi) is 5.22. The molecule has 2 aromatic heterocycles. The standard InChI is InChI=1S/C23H23N3O3S/c1-16(2)29-19-13-17(12-18(14-19)24-3)22-15-26(23-21(22)10-7-11-25-23)30(27,28)20-8-5-4-6-9-20/h4-16,24H,1-3H3. The van der Waals surface area contributed by atoms with Gasteiger partial charge in [-0.1, -0.05) is 18.2 Å². The van der Waals surface area contributed by atoms with Crippen molar-refractivity contribution >= 4 is 26.7 Å². The summed E-state index contributed by atoms with van der Waals surface area (Å²) in [6.07, 6.45) is 3.25. The molecule has 4 rings (SSSR count). The number of rotatable bonds is 6. The van der Waals surface area contributed by atoms with Crippen LogP contribution in [0.4, 0.5) is 5.69 Å². The molecule has 1 N–H and O–H groups in total. The van der Waals surface area contributed by atoms with E-state index >= 15 is 0 Å². The highest BCUT2D eigenvalue weighted by atomic mass is 32.2. The van der Waals surface area contributed by atoms with E-state index in [0.29, 0.717) is 11.4 Å². The summed E-state index contributed by atoms with van der Waals surface area (Å²) in [4.78, 5) is 4.58. The lowest BCUT2D eigenvalue weighted by molar-refractivity contribution is 0.242. The van der Waals surface area contributed by atoms with Crippen molar-refractivity contribution < 1.29 is 13.2 Å². The molecule has 6 nitrogen and oxygen atoms in total. The number of aromatic nitrogens is 2. The second-order valence-electron chi connectivity index (χ2n) is 7.19. The highest BCUT2D eigenvalue weighted by Crippen LogP contribution is 2.35. The minimum Gasteiger partial charge on any atom is -0.491 e. The first kappa shape index (κ1) is 20.0. The maximum absolute atomic E-state index is 13.3. The number of ether oxygens (including phenoxy) is 1. The zero-order chi connectivity index (χ0) is 21.3. The molecule has 0 bridgehead atoms. The fourth-order valence-corrected chi connectivity index (χ4v) is 4.73. The number of anilines is 1. The summed E-state index contributed by atoms with van der Waals surface area (Å²) in [7, 11) is -1.95. The summed E-state index contributed by atoms with van der Waals surface area (Å²) in [5, 5.41) is 3.89. The molecule has 0 atom stereocenters. The van der Waals surface area contributed by atoms with Crippen LogP contribution in [0.2, 0.25) is 0 Å². The van der Waals surface area contributed by atoms with E-state index in [0.717, 1.165) is 22.2 Å². The lowest BCUT2D eigenvalue weighted by Gasteiger charge is -2.13. The van der Waals surface area contributed by atoms with Crippen LogP contribution in [-0.4, -0.2) is 30.5 Å². The van der Waals surface area contributed by atoms with E-state index in [1.807, 2.05) is 45.2 Å². The predicted molar refractivity (Wildman–Crippen MR) is 120 cm³/mol. The highest BCUT2D eigenvalue weighted by Gasteiger charge is 2.22. The van der Waals surface area contributed by atoms with Crippen molar-refractivity contribution in [3.8, 4) is 16.9 Å². The fraction of sp³-hybridized carbons (Fsp3) is 0.174. The van der Waals surface area contributed by atoms with Crippen molar-refractivity contribution in [1.29, 1.82) is 0 Å². The van der Waals surface area contributed by atoms with Crippen LogP contribution in [0.15, 0.2) is 78.0 Å². The number of hydrogen-bond acceptors (Lipinski definition) is 5. The first-order valence-electron chi connectivity index (χ1n) is 9.66. The van der Waals surface area contributed by atoms with E-state index in [-0.39, 0.29) is 11.0 Å². The number of hydrogen-bond donors (Lipinski definition) is 1. The molecule has 2 aromatic carbocycles. The second kappa shape index (κ2) is 7.84. The Morgan fingerprint density at radius 2 is 1.80 bits per heavy atom. The normalized spacial score (nSPS) is 11.7. The van der Waals surface area contributed by atoms with E-state index in [1.54, 1.807) is 48.8 Å². The zero-order valence-electron chi connectivity index (χ0n) is 17.0. The van der Waals surface area contributed by atoms with Gasteiger partial charge in [-0.25, -0.2) is 17.4 Å². The van der Waals surface area contributed by atoms with E-state index in [4.69, 9.17) is 4.74 Å². The minimum atomic E-state index is -3.79. The first-order valence-corrected chi connectivity index (χ1v) is 11.1. The molecular formula is C23H23N3O3S. The Labute approximate surface area is 176 Å². The number of benzene rings is 2. The Balaban J connectivity index is 1.95. The topological polar surface area (TPSA) is 73.2 Å². The van der Waals surface area contributed by atoms with Gasteiger partial charge in [0, 0.05) is 42.1 Å². The Morgan fingerprint density at radius 1 is 1.03 bits per heavy atom.